The second-order valence-electron chi connectivity index (χ2n) is 4.53. The van der Waals surface area contributed by atoms with Gasteiger partial charge in [-0.15, -0.1) is 0 Å². The zero-order chi connectivity index (χ0) is 12.5. The van der Waals surface area contributed by atoms with Gasteiger partial charge in [0.25, 0.3) is 0 Å². The molecule has 0 heterocycles. The third-order valence-electron chi connectivity index (χ3n) is 3.31. The van der Waals surface area contributed by atoms with Crippen LogP contribution in [0.4, 0.5) is 0 Å². The summed E-state index contributed by atoms with van der Waals surface area (Å²) < 4.78 is 0. The summed E-state index contributed by atoms with van der Waals surface area (Å²) in [5, 5.41) is 12.3. The van der Waals surface area contributed by atoms with Gasteiger partial charge in [0.05, 0.1) is 0 Å². The minimum Gasteiger partial charge on any atom is -0.508 e. The Morgan fingerprint density at radius 1 is 0.833 bits per heavy atom. The van der Waals surface area contributed by atoms with Gasteiger partial charge in [0.2, 0.25) is 0 Å². The predicted molar refractivity (Wildman–Crippen MR) is 75.8 cm³/mol. The van der Waals surface area contributed by atoms with E-state index in [2.05, 4.69) is 36.4 Å². The van der Waals surface area contributed by atoms with Crippen LogP contribution in [0, 0.1) is 6.92 Å². The Morgan fingerprint density at radius 2 is 1.61 bits per heavy atom. The Bertz CT molecular complexity index is 708. The Kier molecular flexibility index (Phi) is 2.52. The summed E-state index contributed by atoms with van der Waals surface area (Å²) in [6, 6.07) is 20.4. The molecule has 0 saturated carbocycles. The molecule has 3 aromatic carbocycles. The van der Waals surface area contributed by atoms with E-state index in [1.165, 1.54) is 10.8 Å². The normalized spacial score (nSPS) is 10.7. The lowest BCUT2D eigenvalue weighted by Crippen LogP contribution is -1.82. The number of rotatable bonds is 1. The molecule has 1 nitrogen and oxygen atoms in total. The van der Waals surface area contributed by atoms with E-state index in [0.29, 0.717) is 5.75 Å². The Hall–Kier alpha value is -2.28. The fourth-order valence-corrected chi connectivity index (χ4v) is 2.25. The molecule has 1 heteroatoms. The SMILES string of the molecule is Cc1ccc(-c2cccc3ccccc23)cc1O. The minimum atomic E-state index is 0.348. The van der Waals surface area contributed by atoms with Crippen molar-refractivity contribution in [3.05, 3.63) is 66.2 Å². The van der Waals surface area contributed by atoms with Crippen LogP contribution in [0.25, 0.3) is 21.9 Å². The maximum absolute atomic E-state index is 9.83. The molecular weight excluding hydrogens is 220 g/mol. The molecule has 3 aromatic rings. The van der Waals surface area contributed by atoms with Gasteiger partial charge in [0.15, 0.2) is 0 Å². The summed E-state index contributed by atoms with van der Waals surface area (Å²) in [5.41, 5.74) is 3.11. The number of benzene rings is 3. The van der Waals surface area contributed by atoms with Gasteiger partial charge < -0.3 is 5.11 Å². The number of phenols is 1. The molecule has 0 radical (unpaired) electrons. The van der Waals surface area contributed by atoms with E-state index in [-0.39, 0.29) is 0 Å². The zero-order valence-electron chi connectivity index (χ0n) is 10.2. The first-order chi connectivity index (χ1) is 8.75. The van der Waals surface area contributed by atoms with Crippen molar-refractivity contribution in [2.75, 3.05) is 0 Å². The highest BCUT2D eigenvalue weighted by Crippen LogP contribution is 2.31. The van der Waals surface area contributed by atoms with Crippen LogP contribution in [0.2, 0.25) is 0 Å². The molecule has 0 spiro atoms. The summed E-state index contributed by atoms with van der Waals surface area (Å²) in [5.74, 6) is 0.348. The lowest BCUT2D eigenvalue weighted by molar-refractivity contribution is 0.471. The van der Waals surface area contributed by atoms with Crippen molar-refractivity contribution in [3.63, 3.8) is 0 Å². The molecule has 0 fully saturated rings. The lowest BCUT2D eigenvalue weighted by Gasteiger charge is -2.08. The molecular formula is C17H14O. The monoisotopic (exact) mass is 234 g/mol. The van der Waals surface area contributed by atoms with E-state index < -0.39 is 0 Å². The molecule has 3 rings (SSSR count). The van der Waals surface area contributed by atoms with E-state index in [1.807, 2.05) is 31.2 Å². The van der Waals surface area contributed by atoms with Crippen LogP contribution >= 0.6 is 0 Å². The summed E-state index contributed by atoms with van der Waals surface area (Å²) in [7, 11) is 0. The van der Waals surface area contributed by atoms with Crippen molar-refractivity contribution in [3.8, 4) is 16.9 Å². The molecule has 1 N–H and O–H groups in total. The Balaban J connectivity index is 2.28. The minimum absolute atomic E-state index is 0.348. The van der Waals surface area contributed by atoms with Gasteiger partial charge in [-0.05, 0) is 40.5 Å². The molecule has 0 atom stereocenters. The van der Waals surface area contributed by atoms with Crippen molar-refractivity contribution >= 4 is 10.8 Å². The number of fused-ring (bicyclic) bond motifs is 1. The summed E-state index contributed by atoms with van der Waals surface area (Å²) in [6.45, 7) is 1.90. The molecule has 0 bridgehead atoms. The van der Waals surface area contributed by atoms with Crippen molar-refractivity contribution in [2.24, 2.45) is 0 Å². The first-order valence-electron chi connectivity index (χ1n) is 6.03. The first kappa shape index (κ1) is 10.8. The van der Waals surface area contributed by atoms with Crippen LogP contribution in [0.3, 0.4) is 0 Å². The van der Waals surface area contributed by atoms with E-state index in [9.17, 15) is 5.11 Å². The van der Waals surface area contributed by atoms with Crippen LogP contribution < -0.4 is 0 Å². The third kappa shape index (κ3) is 1.74. The standard InChI is InChI=1S/C17H14O/c1-12-9-10-14(11-17(12)18)16-8-4-6-13-5-2-3-7-15(13)16/h2-11,18H,1H3. The largest absolute Gasteiger partial charge is 0.508 e. The molecule has 18 heavy (non-hydrogen) atoms. The summed E-state index contributed by atoms with van der Waals surface area (Å²) >= 11 is 0. The van der Waals surface area contributed by atoms with E-state index in [1.54, 1.807) is 0 Å². The quantitative estimate of drug-likeness (QED) is 0.656. The maximum atomic E-state index is 9.83. The fourth-order valence-electron chi connectivity index (χ4n) is 2.25. The topological polar surface area (TPSA) is 20.2 Å². The second kappa shape index (κ2) is 4.19. The molecule has 0 aliphatic carbocycles. The predicted octanol–water partition coefficient (Wildman–Crippen LogP) is 4.52. The number of phenolic OH excluding ortho intramolecular Hbond substituents is 1. The molecule has 0 amide bonds. The third-order valence-corrected chi connectivity index (χ3v) is 3.31. The highest BCUT2D eigenvalue weighted by molar-refractivity contribution is 5.96. The molecule has 0 aromatic heterocycles. The lowest BCUT2D eigenvalue weighted by atomic mass is 9.97. The number of aromatic hydroxyl groups is 1. The number of hydrogen-bond acceptors (Lipinski definition) is 1. The smallest absolute Gasteiger partial charge is 0.119 e. The van der Waals surface area contributed by atoms with Crippen molar-refractivity contribution in [1.82, 2.24) is 0 Å². The van der Waals surface area contributed by atoms with Gasteiger partial charge in [-0.2, -0.15) is 0 Å². The Labute approximate surface area is 106 Å². The highest BCUT2D eigenvalue weighted by atomic mass is 16.3. The van der Waals surface area contributed by atoms with Gasteiger partial charge in [0, 0.05) is 0 Å². The average molecular weight is 234 g/mol. The van der Waals surface area contributed by atoms with Crippen LogP contribution in [-0.4, -0.2) is 5.11 Å². The van der Waals surface area contributed by atoms with Gasteiger partial charge in [-0.3, -0.25) is 0 Å². The molecule has 0 saturated heterocycles. The van der Waals surface area contributed by atoms with E-state index in [0.717, 1.165) is 16.7 Å². The average Bonchev–Trinajstić information content (AvgIpc) is 2.41. The van der Waals surface area contributed by atoms with Gasteiger partial charge >= 0.3 is 0 Å². The van der Waals surface area contributed by atoms with Crippen LogP contribution in [-0.2, 0) is 0 Å². The van der Waals surface area contributed by atoms with Crippen LogP contribution in [0.5, 0.6) is 5.75 Å². The van der Waals surface area contributed by atoms with Gasteiger partial charge in [-0.1, -0.05) is 54.6 Å². The van der Waals surface area contributed by atoms with Crippen molar-refractivity contribution < 1.29 is 5.11 Å². The second-order valence-corrected chi connectivity index (χ2v) is 4.53. The number of aryl methyl sites for hydroxylation is 1. The summed E-state index contributed by atoms with van der Waals surface area (Å²) in [6.07, 6.45) is 0. The fraction of sp³-hybridized carbons (Fsp3) is 0.0588. The number of hydrogen-bond donors (Lipinski definition) is 1. The molecule has 0 aliphatic heterocycles. The maximum Gasteiger partial charge on any atom is 0.119 e. The first-order valence-corrected chi connectivity index (χ1v) is 6.03. The van der Waals surface area contributed by atoms with E-state index >= 15 is 0 Å². The van der Waals surface area contributed by atoms with Gasteiger partial charge in [-0.25, -0.2) is 0 Å². The van der Waals surface area contributed by atoms with Crippen LogP contribution in [0.1, 0.15) is 5.56 Å². The molecule has 0 aliphatic rings. The summed E-state index contributed by atoms with van der Waals surface area (Å²) in [4.78, 5) is 0. The van der Waals surface area contributed by atoms with Gasteiger partial charge in [0.1, 0.15) is 5.75 Å². The van der Waals surface area contributed by atoms with Crippen molar-refractivity contribution in [1.29, 1.82) is 0 Å². The van der Waals surface area contributed by atoms with Crippen molar-refractivity contribution in [2.45, 2.75) is 6.92 Å². The highest BCUT2D eigenvalue weighted by Gasteiger charge is 2.05. The van der Waals surface area contributed by atoms with Crippen LogP contribution in [0.15, 0.2) is 60.7 Å². The Morgan fingerprint density at radius 3 is 2.44 bits per heavy atom. The molecule has 88 valence electrons. The molecule has 0 unspecified atom stereocenters. The van der Waals surface area contributed by atoms with E-state index in [4.69, 9.17) is 0 Å². The zero-order valence-corrected chi connectivity index (χ0v) is 10.2.